The summed E-state index contributed by atoms with van der Waals surface area (Å²) in [7, 11) is 0. The first kappa shape index (κ1) is 20.2. The molecule has 4 rings (SSSR count). The van der Waals surface area contributed by atoms with Gasteiger partial charge in [-0.1, -0.05) is 37.1 Å². The second-order valence-electron chi connectivity index (χ2n) is 8.12. The van der Waals surface area contributed by atoms with Crippen molar-refractivity contribution in [2.45, 2.75) is 57.0 Å². The summed E-state index contributed by atoms with van der Waals surface area (Å²) in [6, 6.07) is 8.03. The fourth-order valence-corrected chi connectivity index (χ4v) is 4.86. The van der Waals surface area contributed by atoms with Crippen molar-refractivity contribution in [2.24, 2.45) is 17.6 Å². The van der Waals surface area contributed by atoms with Gasteiger partial charge >= 0.3 is 0 Å². The summed E-state index contributed by atoms with van der Waals surface area (Å²) in [5.41, 5.74) is 8.72. The van der Waals surface area contributed by atoms with Crippen molar-refractivity contribution in [1.82, 2.24) is 10.2 Å². The fourth-order valence-electron chi connectivity index (χ4n) is 4.86. The van der Waals surface area contributed by atoms with Gasteiger partial charge in [0.25, 0.3) is 0 Å². The van der Waals surface area contributed by atoms with Crippen LogP contribution in [0.4, 0.5) is 0 Å². The molecule has 2 amide bonds. The number of nitrogens with two attached hydrogens (primary N) is 1. The number of nitrogens with one attached hydrogen (secondary N) is 1. The molecular weight excluding hydrogens is 362 g/mol. The number of hydrogen-bond acceptors (Lipinski definition) is 3. The fraction of sp³-hybridized carbons (Fsp3) is 0.619. The van der Waals surface area contributed by atoms with Gasteiger partial charge in [-0.05, 0) is 43.2 Å². The van der Waals surface area contributed by atoms with E-state index < -0.39 is 0 Å². The predicted octanol–water partition coefficient (Wildman–Crippen LogP) is 2.58. The number of hydrogen-bond donors (Lipinski definition) is 2. The van der Waals surface area contributed by atoms with Crippen molar-refractivity contribution in [3.63, 3.8) is 0 Å². The van der Waals surface area contributed by atoms with Crippen LogP contribution in [0.1, 0.15) is 55.7 Å². The molecule has 2 aliphatic carbocycles. The van der Waals surface area contributed by atoms with Gasteiger partial charge < -0.3 is 16.0 Å². The molecule has 27 heavy (non-hydrogen) atoms. The molecule has 3 N–H and O–H groups in total. The average molecular weight is 392 g/mol. The maximum absolute atomic E-state index is 12.7. The van der Waals surface area contributed by atoms with Gasteiger partial charge in [0.2, 0.25) is 11.8 Å². The Labute approximate surface area is 167 Å². The number of benzene rings is 1. The lowest BCUT2D eigenvalue weighted by Gasteiger charge is -2.33. The van der Waals surface area contributed by atoms with Crippen LogP contribution in [0.25, 0.3) is 0 Å². The Hall–Kier alpha value is -1.59. The van der Waals surface area contributed by atoms with E-state index in [1.807, 2.05) is 17.0 Å². The molecule has 1 aromatic carbocycles. The number of piperidine rings is 1. The molecule has 0 bridgehead atoms. The zero-order valence-electron chi connectivity index (χ0n) is 15.7. The Bertz CT molecular complexity index is 682. The third-order valence-corrected chi connectivity index (χ3v) is 6.50. The molecule has 1 saturated heterocycles. The molecule has 148 valence electrons. The summed E-state index contributed by atoms with van der Waals surface area (Å²) >= 11 is 0. The van der Waals surface area contributed by atoms with Crippen molar-refractivity contribution in [1.29, 1.82) is 0 Å². The molecular formula is C21H30ClN3O2. The van der Waals surface area contributed by atoms with Gasteiger partial charge in [-0.15, -0.1) is 12.4 Å². The normalized spacial score (nSPS) is 25.7. The molecule has 5 nitrogen and oxygen atoms in total. The second-order valence-corrected chi connectivity index (χ2v) is 8.12. The van der Waals surface area contributed by atoms with Crippen LogP contribution in [0, 0.1) is 11.8 Å². The second kappa shape index (κ2) is 8.61. The summed E-state index contributed by atoms with van der Waals surface area (Å²) in [4.78, 5) is 27.2. The zero-order chi connectivity index (χ0) is 18.1. The van der Waals surface area contributed by atoms with E-state index in [4.69, 9.17) is 5.73 Å². The molecule has 2 fully saturated rings. The van der Waals surface area contributed by atoms with E-state index in [2.05, 4.69) is 17.4 Å². The van der Waals surface area contributed by atoms with E-state index in [1.54, 1.807) is 0 Å². The lowest BCUT2D eigenvalue weighted by Crippen LogP contribution is -2.48. The summed E-state index contributed by atoms with van der Waals surface area (Å²) in [5, 5.41) is 3.18. The molecule has 0 aromatic heterocycles. The summed E-state index contributed by atoms with van der Waals surface area (Å²) in [6.07, 6.45) is 6.78. The van der Waals surface area contributed by atoms with Crippen molar-refractivity contribution in [3.8, 4) is 0 Å². The van der Waals surface area contributed by atoms with E-state index in [0.717, 1.165) is 37.7 Å². The van der Waals surface area contributed by atoms with Gasteiger partial charge in [0.1, 0.15) is 0 Å². The van der Waals surface area contributed by atoms with Gasteiger partial charge in [0, 0.05) is 24.9 Å². The van der Waals surface area contributed by atoms with Gasteiger partial charge in [0.05, 0.1) is 12.1 Å². The largest absolute Gasteiger partial charge is 0.351 e. The topological polar surface area (TPSA) is 75.4 Å². The van der Waals surface area contributed by atoms with Crippen LogP contribution in [0.5, 0.6) is 0 Å². The standard InChI is InChI=1S/C21H29N3O2.ClH/c22-19-17-8-4-3-7-16(17)13-18(19)23-20(25)14-9-11-24(12-10-14)21(26)15-5-1-2-6-15;/h3-4,7-8,14-15,18-19H,1-2,5-6,9-13,22H2,(H,23,25);1H/t18-,19-;/m0./s1. The van der Waals surface area contributed by atoms with E-state index in [-0.39, 0.29) is 42.2 Å². The highest BCUT2D eigenvalue weighted by molar-refractivity contribution is 5.85. The Morgan fingerprint density at radius 1 is 1.00 bits per heavy atom. The smallest absolute Gasteiger partial charge is 0.225 e. The summed E-state index contributed by atoms with van der Waals surface area (Å²) < 4.78 is 0. The minimum atomic E-state index is -0.126. The number of likely N-dealkylation sites (tertiary alicyclic amines) is 1. The monoisotopic (exact) mass is 391 g/mol. The van der Waals surface area contributed by atoms with Crippen LogP contribution in [0.3, 0.4) is 0 Å². The quantitative estimate of drug-likeness (QED) is 0.831. The van der Waals surface area contributed by atoms with Crippen LogP contribution in [0.2, 0.25) is 0 Å². The average Bonchev–Trinajstić information content (AvgIpc) is 3.31. The zero-order valence-corrected chi connectivity index (χ0v) is 16.5. The molecule has 1 aromatic rings. The minimum Gasteiger partial charge on any atom is -0.351 e. The van der Waals surface area contributed by atoms with Crippen LogP contribution in [-0.2, 0) is 16.0 Å². The molecule has 0 radical (unpaired) electrons. The molecule has 3 aliphatic rings. The number of rotatable bonds is 3. The first-order chi connectivity index (χ1) is 12.6. The number of halogens is 1. The summed E-state index contributed by atoms with van der Waals surface area (Å²) in [5.74, 6) is 0.648. The highest BCUT2D eigenvalue weighted by Gasteiger charge is 2.35. The number of nitrogens with zero attached hydrogens (tertiary/aromatic N) is 1. The van der Waals surface area contributed by atoms with E-state index >= 15 is 0 Å². The van der Waals surface area contributed by atoms with Crippen LogP contribution >= 0.6 is 12.4 Å². The van der Waals surface area contributed by atoms with Gasteiger partial charge in [-0.2, -0.15) is 0 Å². The van der Waals surface area contributed by atoms with Crippen LogP contribution < -0.4 is 11.1 Å². The third kappa shape index (κ3) is 4.14. The molecule has 0 spiro atoms. The molecule has 1 aliphatic heterocycles. The SMILES string of the molecule is Cl.N[C@H]1c2ccccc2C[C@@H]1NC(=O)C1CCN(C(=O)C2CCCC2)CC1. The number of amides is 2. The molecule has 1 saturated carbocycles. The molecule has 2 atom stereocenters. The highest BCUT2D eigenvalue weighted by Crippen LogP contribution is 2.31. The Morgan fingerprint density at radius 2 is 1.67 bits per heavy atom. The maximum atomic E-state index is 12.7. The first-order valence-electron chi connectivity index (χ1n) is 10.1. The van der Waals surface area contributed by atoms with Crippen LogP contribution in [-0.4, -0.2) is 35.8 Å². The van der Waals surface area contributed by atoms with Gasteiger partial charge in [-0.3, -0.25) is 9.59 Å². The van der Waals surface area contributed by atoms with Crippen molar-refractivity contribution < 1.29 is 9.59 Å². The summed E-state index contributed by atoms with van der Waals surface area (Å²) in [6.45, 7) is 1.43. The Kier molecular flexibility index (Phi) is 6.43. The van der Waals surface area contributed by atoms with E-state index in [0.29, 0.717) is 19.0 Å². The molecule has 6 heteroatoms. The highest BCUT2D eigenvalue weighted by atomic mass is 35.5. The van der Waals surface area contributed by atoms with Gasteiger partial charge in [0.15, 0.2) is 0 Å². The lowest BCUT2D eigenvalue weighted by molar-refractivity contribution is -0.139. The first-order valence-corrected chi connectivity index (χ1v) is 10.1. The van der Waals surface area contributed by atoms with Crippen LogP contribution in [0.15, 0.2) is 24.3 Å². The number of carbonyl (C=O) groups is 2. The number of carbonyl (C=O) groups excluding carboxylic acids is 2. The van der Waals surface area contributed by atoms with Crippen molar-refractivity contribution in [2.75, 3.05) is 13.1 Å². The molecule has 1 heterocycles. The molecule has 0 unspecified atom stereocenters. The van der Waals surface area contributed by atoms with Crippen molar-refractivity contribution >= 4 is 24.2 Å². The van der Waals surface area contributed by atoms with E-state index in [9.17, 15) is 9.59 Å². The number of fused-ring (bicyclic) bond motifs is 1. The van der Waals surface area contributed by atoms with Crippen molar-refractivity contribution in [3.05, 3.63) is 35.4 Å². The predicted molar refractivity (Wildman–Crippen MR) is 108 cm³/mol. The Morgan fingerprint density at radius 3 is 2.33 bits per heavy atom. The minimum absolute atomic E-state index is 0. The van der Waals surface area contributed by atoms with Gasteiger partial charge in [-0.25, -0.2) is 0 Å². The maximum Gasteiger partial charge on any atom is 0.225 e. The lowest BCUT2D eigenvalue weighted by atomic mass is 9.94. The Balaban J connectivity index is 0.00000210. The van der Waals surface area contributed by atoms with E-state index in [1.165, 1.54) is 18.4 Å². The third-order valence-electron chi connectivity index (χ3n) is 6.50.